The fourth-order valence-corrected chi connectivity index (χ4v) is 3.94. The van der Waals surface area contributed by atoms with Crippen LogP contribution in [0.2, 0.25) is 0 Å². The Bertz CT molecular complexity index is 801. The number of allylic oxidation sites excluding steroid dienone is 3. The van der Waals surface area contributed by atoms with E-state index >= 15 is 0 Å². The number of fused-ring (bicyclic) bond motifs is 3. The molecule has 0 N–H and O–H groups in total. The van der Waals surface area contributed by atoms with E-state index in [1.807, 2.05) is 6.07 Å². The van der Waals surface area contributed by atoms with Crippen LogP contribution in [-0.4, -0.2) is 25.7 Å². The van der Waals surface area contributed by atoms with Crippen molar-refractivity contribution >= 4 is 5.70 Å². The third-order valence-corrected chi connectivity index (χ3v) is 5.59. The number of hydrogen-bond donors (Lipinski definition) is 0. The molecule has 1 unspecified atom stereocenters. The molecular weight excluding hydrogens is 312 g/mol. The molecule has 4 heteroatoms. The molecule has 0 amide bonds. The molecule has 0 aliphatic carbocycles. The van der Waals surface area contributed by atoms with Crippen LogP contribution in [-0.2, 0) is 6.42 Å². The zero-order valence-corrected chi connectivity index (χ0v) is 15.8. The Hall–Kier alpha value is -2.41. The summed E-state index contributed by atoms with van der Waals surface area (Å²) in [6, 6.07) is 6.60. The topological polar surface area (TPSA) is 45.5 Å². The lowest BCUT2D eigenvalue weighted by Crippen LogP contribution is -2.36. The minimum atomic E-state index is -0.228. The summed E-state index contributed by atoms with van der Waals surface area (Å²) in [5.74, 6) is 1.45. The van der Waals surface area contributed by atoms with Crippen LogP contribution in [0.25, 0.3) is 5.70 Å². The third-order valence-electron chi connectivity index (χ3n) is 5.59. The van der Waals surface area contributed by atoms with E-state index in [4.69, 9.17) is 9.47 Å². The van der Waals surface area contributed by atoms with Gasteiger partial charge in [-0.2, -0.15) is 5.26 Å². The number of methoxy groups -OCH3 is 2. The van der Waals surface area contributed by atoms with Gasteiger partial charge in [-0.15, -0.1) is 0 Å². The molecule has 3 rings (SSSR count). The van der Waals surface area contributed by atoms with Gasteiger partial charge in [0.2, 0.25) is 0 Å². The molecule has 0 saturated carbocycles. The second-order valence-corrected chi connectivity index (χ2v) is 6.86. The minimum Gasteiger partial charge on any atom is -0.493 e. The molecule has 25 heavy (non-hydrogen) atoms. The Morgan fingerprint density at radius 1 is 1.20 bits per heavy atom. The maximum Gasteiger partial charge on any atom is 0.161 e. The van der Waals surface area contributed by atoms with Crippen molar-refractivity contribution in [1.82, 2.24) is 4.90 Å². The van der Waals surface area contributed by atoms with Gasteiger partial charge in [-0.1, -0.05) is 26.8 Å². The molecule has 2 aliphatic heterocycles. The van der Waals surface area contributed by atoms with Gasteiger partial charge in [0.15, 0.2) is 11.5 Å². The average Bonchev–Trinajstić information content (AvgIpc) is 2.65. The predicted octanol–water partition coefficient (Wildman–Crippen LogP) is 4.52. The van der Waals surface area contributed by atoms with E-state index in [1.165, 1.54) is 11.3 Å². The highest BCUT2D eigenvalue weighted by molar-refractivity contribution is 5.79. The molecule has 1 aromatic rings. The first-order chi connectivity index (χ1) is 12.0. The van der Waals surface area contributed by atoms with Crippen molar-refractivity contribution in [3.63, 3.8) is 0 Å². The summed E-state index contributed by atoms with van der Waals surface area (Å²) in [5, 5.41) is 9.99. The summed E-state index contributed by atoms with van der Waals surface area (Å²) in [6.07, 6.45) is 5.08. The summed E-state index contributed by atoms with van der Waals surface area (Å²) >= 11 is 0. The van der Waals surface area contributed by atoms with E-state index in [-0.39, 0.29) is 5.41 Å². The molecule has 2 heterocycles. The van der Waals surface area contributed by atoms with Gasteiger partial charge < -0.3 is 14.4 Å². The highest BCUT2D eigenvalue weighted by atomic mass is 16.5. The Balaban J connectivity index is 2.29. The van der Waals surface area contributed by atoms with Crippen molar-refractivity contribution < 1.29 is 9.47 Å². The Morgan fingerprint density at radius 3 is 2.44 bits per heavy atom. The van der Waals surface area contributed by atoms with Crippen LogP contribution in [0.15, 0.2) is 29.5 Å². The van der Waals surface area contributed by atoms with Gasteiger partial charge in [-0.05, 0) is 37.0 Å². The van der Waals surface area contributed by atoms with E-state index < -0.39 is 0 Å². The quantitative estimate of drug-likeness (QED) is 0.810. The van der Waals surface area contributed by atoms with Crippen molar-refractivity contribution in [1.29, 1.82) is 5.26 Å². The monoisotopic (exact) mass is 338 g/mol. The van der Waals surface area contributed by atoms with Crippen LogP contribution < -0.4 is 9.47 Å². The first-order valence-electron chi connectivity index (χ1n) is 8.92. The zero-order valence-electron chi connectivity index (χ0n) is 15.8. The van der Waals surface area contributed by atoms with Crippen LogP contribution in [0.3, 0.4) is 0 Å². The first-order valence-corrected chi connectivity index (χ1v) is 8.92. The molecule has 0 radical (unpaired) electrons. The number of nitrogens with zero attached hydrogens (tertiary/aromatic N) is 2. The summed E-state index contributed by atoms with van der Waals surface area (Å²) in [4.78, 5) is 2.32. The van der Waals surface area contributed by atoms with Gasteiger partial charge in [-0.25, -0.2) is 0 Å². The van der Waals surface area contributed by atoms with Crippen LogP contribution in [0.1, 0.15) is 44.7 Å². The Kier molecular flexibility index (Phi) is 4.51. The van der Waals surface area contributed by atoms with Crippen molar-refractivity contribution in [2.75, 3.05) is 20.8 Å². The van der Waals surface area contributed by atoms with Crippen molar-refractivity contribution in [3.05, 3.63) is 40.6 Å². The van der Waals surface area contributed by atoms with Crippen molar-refractivity contribution in [2.45, 2.75) is 40.0 Å². The second kappa shape index (κ2) is 6.48. The molecule has 0 aromatic heterocycles. The van der Waals surface area contributed by atoms with E-state index in [0.717, 1.165) is 48.4 Å². The molecule has 132 valence electrons. The fraction of sp³-hybridized carbons (Fsp3) is 0.476. The molecule has 4 nitrogen and oxygen atoms in total. The summed E-state index contributed by atoms with van der Waals surface area (Å²) in [7, 11) is 3.31. The van der Waals surface area contributed by atoms with Crippen molar-refractivity contribution in [3.8, 4) is 17.6 Å². The lowest BCUT2D eigenvalue weighted by molar-refractivity contribution is 0.352. The minimum absolute atomic E-state index is 0.228. The maximum atomic E-state index is 9.99. The first kappa shape index (κ1) is 17.4. The van der Waals surface area contributed by atoms with Gasteiger partial charge in [0.05, 0.1) is 31.6 Å². The lowest BCUT2D eigenvalue weighted by atomic mass is 9.73. The van der Waals surface area contributed by atoms with Gasteiger partial charge in [0.25, 0.3) is 0 Å². The number of benzene rings is 1. The largest absolute Gasteiger partial charge is 0.493 e. The average molecular weight is 338 g/mol. The van der Waals surface area contributed by atoms with E-state index in [9.17, 15) is 5.26 Å². The lowest BCUT2D eigenvalue weighted by Gasteiger charge is -2.43. The molecule has 0 bridgehead atoms. The Labute approximate surface area is 150 Å². The third kappa shape index (κ3) is 2.59. The molecular formula is C21H26N2O2. The molecule has 0 saturated heterocycles. The zero-order chi connectivity index (χ0) is 18.2. The standard InChI is InChI=1S/C21H26N2O2/c1-6-15-12-21(3,7-2)17(13-22)20-16-11-19(25-5)18(24-4)10-14(16)8-9-23(15)20/h10-12H,6-9H2,1-5H3. The van der Waals surface area contributed by atoms with Gasteiger partial charge in [-0.3, -0.25) is 0 Å². The SMILES string of the molecule is CCC1=CC(C)(CC)C(C#N)=C2c3cc(OC)c(OC)cc3CCN12. The molecule has 2 aliphatic rings. The van der Waals surface area contributed by atoms with Crippen LogP contribution in [0, 0.1) is 16.7 Å². The fourth-order valence-electron chi connectivity index (χ4n) is 3.94. The highest BCUT2D eigenvalue weighted by Crippen LogP contribution is 2.49. The summed E-state index contributed by atoms with van der Waals surface area (Å²) < 4.78 is 11.0. The normalized spacial score (nSPS) is 21.9. The van der Waals surface area contributed by atoms with Gasteiger partial charge >= 0.3 is 0 Å². The highest BCUT2D eigenvalue weighted by Gasteiger charge is 2.38. The van der Waals surface area contributed by atoms with Crippen LogP contribution >= 0.6 is 0 Å². The number of ether oxygens (including phenoxy) is 2. The van der Waals surface area contributed by atoms with E-state index in [0.29, 0.717) is 5.75 Å². The van der Waals surface area contributed by atoms with Gasteiger partial charge in [0.1, 0.15) is 0 Å². The second-order valence-electron chi connectivity index (χ2n) is 6.86. The number of hydrogen-bond acceptors (Lipinski definition) is 4. The molecule has 1 atom stereocenters. The Morgan fingerprint density at radius 2 is 1.88 bits per heavy atom. The van der Waals surface area contributed by atoms with Crippen LogP contribution in [0.4, 0.5) is 0 Å². The molecule has 1 aromatic carbocycles. The van der Waals surface area contributed by atoms with E-state index in [1.54, 1.807) is 14.2 Å². The summed E-state index contributed by atoms with van der Waals surface area (Å²) in [5.41, 5.74) is 5.28. The number of nitriles is 1. The summed E-state index contributed by atoms with van der Waals surface area (Å²) in [6.45, 7) is 7.39. The maximum absolute atomic E-state index is 9.99. The molecule has 0 fully saturated rings. The molecule has 0 spiro atoms. The number of rotatable bonds is 4. The van der Waals surface area contributed by atoms with Gasteiger partial charge in [0, 0.05) is 23.2 Å². The smallest absolute Gasteiger partial charge is 0.161 e. The van der Waals surface area contributed by atoms with Crippen molar-refractivity contribution in [2.24, 2.45) is 5.41 Å². The van der Waals surface area contributed by atoms with E-state index in [2.05, 4.69) is 43.9 Å². The van der Waals surface area contributed by atoms with Crippen LogP contribution in [0.5, 0.6) is 11.5 Å². The predicted molar refractivity (Wildman–Crippen MR) is 99.3 cm³/mol.